The zero-order chi connectivity index (χ0) is 13.1. The minimum atomic E-state index is 0.323. The molecule has 0 spiro atoms. The molecule has 0 bridgehead atoms. The number of aromatic nitrogens is 2. The zero-order valence-corrected chi connectivity index (χ0v) is 11.7. The van der Waals surface area contributed by atoms with Gasteiger partial charge in [-0.2, -0.15) is 5.10 Å². The van der Waals surface area contributed by atoms with Crippen LogP contribution in [0.4, 0.5) is 0 Å². The molecule has 0 aromatic carbocycles. The van der Waals surface area contributed by atoms with Gasteiger partial charge in [0.15, 0.2) is 0 Å². The van der Waals surface area contributed by atoms with Gasteiger partial charge in [-0.1, -0.05) is 19.1 Å². The van der Waals surface area contributed by atoms with E-state index in [9.17, 15) is 0 Å². The fraction of sp³-hybridized carbons (Fsp3) is 0.267. The number of thiophene rings is 1. The summed E-state index contributed by atoms with van der Waals surface area (Å²) in [6, 6.07) is 10.8. The maximum Gasteiger partial charge on any atom is 0.0709 e. The maximum absolute atomic E-state index is 4.43. The molecule has 19 heavy (non-hydrogen) atoms. The van der Waals surface area contributed by atoms with E-state index in [1.165, 1.54) is 16.0 Å². The van der Waals surface area contributed by atoms with E-state index in [2.05, 4.69) is 47.0 Å². The van der Waals surface area contributed by atoms with Gasteiger partial charge < -0.3 is 5.32 Å². The van der Waals surface area contributed by atoms with E-state index in [1.54, 1.807) is 0 Å². The Morgan fingerprint density at radius 3 is 3.05 bits per heavy atom. The highest BCUT2D eigenvalue weighted by molar-refractivity contribution is 7.09. The van der Waals surface area contributed by atoms with Crippen LogP contribution in [0.25, 0.3) is 5.52 Å². The third-order valence-electron chi connectivity index (χ3n) is 3.27. The van der Waals surface area contributed by atoms with Gasteiger partial charge in [-0.3, -0.25) is 0 Å². The first-order valence-corrected chi connectivity index (χ1v) is 7.44. The minimum absolute atomic E-state index is 0.323. The van der Waals surface area contributed by atoms with Gasteiger partial charge in [-0.25, -0.2) is 4.52 Å². The molecule has 3 heterocycles. The van der Waals surface area contributed by atoms with E-state index in [0.717, 1.165) is 13.0 Å². The Balaban J connectivity index is 1.95. The summed E-state index contributed by atoms with van der Waals surface area (Å²) in [6.45, 7) is 3.10. The third-order valence-corrected chi connectivity index (χ3v) is 4.17. The molecule has 3 aromatic heterocycles. The van der Waals surface area contributed by atoms with E-state index in [1.807, 2.05) is 34.3 Å². The average molecular weight is 271 g/mol. The van der Waals surface area contributed by atoms with Crippen molar-refractivity contribution in [1.82, 2.24) is 14.9 Å². The van der Waals surface area contributed by atoms with Gasteiger partial charge in [0.2, 0.25) is 0 Å². The summed E-state index contributed by atoms with van der Waals surface area (Å²) in [7, 11) is 0. The van der Waals surface area contributed by atoms with E-state index >= 15 is 0 Å². The molecular weight excluding hydrogens is 254 g/mol. The van der Waals surface area contributed by atoms with Crippen molar-refractivity contribution in [3.05, 3.63) is 58.5 Å². The Hall–Kier alpha value is -1.65. The van der Waals surface area contributed by atoms with Gasteiger partial charge in [0.1, 0.15) is 0 Å². The number of pyridine rings is 1. The molecule has 1 unspecified atom stereocenters. The first-order valence-electron chi connectivity index (χ1n) is 6.56. The molecule has 0 aliphatic heterocycles. The second-order valence-corrected chi connectivity index (χ2v) is 5.56. The normalized spacial score (nSPS) is 12.9. The van der Waals surface area contributed by atoms with Crippen molar-refractivity contribution in [2.24, 2.45) is 0 Å². The van der Waals surface area contributed by atoms with Gasteiger partial charge in [-0.15, -0.1) is 11.3 Å². The summed E-state index contributed by atoms with van der Waals surface area (Å²) in [5.74, 6) is 0. The molecule has 4 heteroatoms. The van der Waals surface area contributed by atoms with E-state index in [0.29, 0.717) is 6.04 Å². The van der Waals surface area contributed by atoms with E-state index in [4.69, 9.17) is 0 Å². The highest BCUT2D eigenvalue weighted by Crippen LogP contribution is 2.24. The van der Waals surface area contributed by atoms with Crippen LogP contribution in [0.3, 0.4) is 0 Å². The molecule has 3 rings (SSSR count). The fourth-order valence-electron chi connectivity index (χ4n) is 2.39. The number of nitrogens with zero attached hydrogens (tertiary/aromatic N) is 2. The molecule has 0 saturated heterocycles. The number of nitrogens with one attached hydrogen (secondary N) is 1. The second kappa shape index (κ2) is 5.55. The third kappa shape index (κ3) is 2.55. The van der Waals surface area contributed by atoms with Crippen LogP contribution in [0, 0.1) is 0 Å². The molecule has 3 nitrogen and oxygen atoms in total. The summed E-state index contributed by atoms with van der Waals surface area (Å²) in [4.78, 5) is 1.40. The van der Waals surface area contributed by atoms with Gasteiger partial charge in [0.25, 0.3) is 0 Å². The van der Waals surface area contributed by atoms with Crippen LogP contribution in [0.2, 0.25) is 0 Å². The van der Waals surface area contributed by atoms with Crippen molar-refractivity contribution in [3.63, 3.8) is 0 Å². The lowest BCUT2D eigenvalue weighted by Crippen LogP contribution is -2.22. The van der Waals surface area contributed by atoms with Crippen molar-refractivity contribution < 1.29 is 0 Å². The first kappa shape index (κ1) is 12.4. The fourth-order valence-corrected chi connectivity index (χ4v) is 3.14. The maximum atomic E-state index is 4.43. The largest absolute Gasteiger partial charge is 0.310 e. The van der Waals surface area contributed by atoms with Crippen molar-refractivity contribution in [1.29, 1.82) is 0 Å². The second-order valence-electron chi connectivity index (χ2n) is 4.52. The van der Waals surface area contributed by atoms with E-state index in [-0.39, 0.29) is 0 Å². The van der Waals surface area contributed by atoms with Crippen molar-refractivity contribution in [2.75, 3.05) is 6.54 Å². The number of rotatable bonds is 5. The van der Waals surface area contributed by atoms with Crippen molar-refractivity contribution in [3.8, 4) is 0 Å². The molecule has 0 radical (unpaired) electrons. The first-order chi connectivity index (χ1) is 9.38. The van der Waals surface area contributed by atoms with Crippen LogP contribution in [-0.2, 0) is 6.42 Å². The van der Waals surface area contributed by atoms with Gasteiger partial charge >= 0.3 is 0 Å². The standard InChI is InChI=1S/C15H17N3S/c1-2-16-14(10-12-6-5-9-19-12)13-11-17-18-8-4-3-7-15(13)18/h3-9,11,14,16H,2,10H2,1H3. The van der Waals surface area contributed by atoms with Crippen molar-refractivity contribution in [2.45, 2.75) is 19.4 Å². The lowest BCUT2D eigenvalue weighted by molar-refractivity contribution is 0.556. The molecule has 98 valence electrons. The molecule has 0 amide bonds. The number of likely N-dealkylation sites (N-methyl/N-ethyl adjacent to an activating group) is 1. The Morgan fingerprint density at radius 1 is 1.32 bits per heavy atom. The van der Waals surface area contributed by atoms with Crippen LogP contribution in [0.1, 0.15) is 23.4 Å². The van der Waals surface area contributed by atoms with Gasteiger partial charge in [-0.05, 0) is 30.1 Å². The van der Waals surface area contributed by atoms with Gasteiger partial charge in [0, 0.05) is 29.1 Å². The molecular formula is C15H17N3S. The van der Waals surface area contributed by atoms with Crippen LogP contribution >= 0.6 is 11.3 Å². The van der Waals surface area contributed by atoms with E-state index < -0.39 is 0 Å². The molecule has 0 fully saturated rings. The van der Waals surface area contributed by atoms with Gasteiger partial charge in [0.05, 0.1) is 11.7 Å². The quantitative estimate of drug-likeness (QED) is 0.771. The molecule has 1 N–H and O–H groups in total. The Bertz CT molecular complexity index is 642. The number of hydrogen-bond donors (Lipinski definition) is 1. The average Bonchev–Trinajstić information content (AvgIpc) is 3.07. The number of fused-ring (bicyclic) bond motifs is 1. The summed E-state index contributed by atoms with van der Waals surface area (Å²) < 4.78 is 1.94. The topological polar surface area (TPSA) is 29.3 Å². The minimum Gasteiger partial charge on any atom is -0.310 e. The highest BCUT2D eigenvalue weighted by Gasteiger charge is 2.16. The molecule has 0 saturated carbocycles. The van der Waals surface area contributed by atoms with Crippen LogP contribution in [0.15, 0.2) is 48.1 Å². The molecule has 0 aliphatic carbocycles. The van der Waals surface area contributed by atoms with Crippen LogP contribution < -0.4 is 5.32 Å². The summed E-state index contributed by atoms with van der Waals surface area (Å²) in [5.41, 5.74) is 2.46. The molecule has 0 aliphatic rings. The predicted octanol–water partition coefficient (Wildman–Crippen LogP) is 3.29. The van der Waals surface area contributed by atoms with Crippen molar-refractivity contribution >= 4 is 16.9 Å². The molecule has 1 atom stereocenters. The summed E-state index contributed by atoms with van der Waals surface area (Å²) in [6.07, 6.45) is 4.99. The lowest BCUT2D eigenvalue weighted by Gasteiger charge is -2.16. The lowest BCUT2D eigenvalue weighted by atomic mass is 10.0. The van der Waals surface area contributed by atoms with Crippen LogP contribution in [0.5, 0.6) is 0 Å². The number of hydrogen-bond acceptors (Lipinski definition) is 3. The highest BCUT2D eigenvalue weighted by atomic mass is 32.1. The Morgan fingerprint density at radius 2 is 2.26 bits per heavy atom. The smallest absolute Gasteiger partial charge is 0.0709 e. The monoisotopic (exact) mass is 271 g/mol. The predicted molar refractivity (Wildman–Crippen MR) is 79.6 cm³/mol. The molecule has 3 aromatic rings. The Kier molecular flexibility index (Phi) is 3.62. The SMILES string of the molecule is CCNC(Cc1cccs1)c1cnn2ccccc12. The van der Waals surface area contributed by atoms with Crippen LogP contribution in [-0.4, -0.2) is 16.2 Å². The summed E-state index contributed by atoms with van der Waals surface area (Å²) >= 11 is 1.81. The summed E-state index contributed by atoms with van der Waals surface area (Å²) in [5, 5.41) is 10.1. The zero-order valence-electron chi connectivity index (χ0n) is 10.9. The Labute approximate surface area is 116 Å².